The Morgan fingerprint density at radius 1 is 1.55 bits per heavy atom. The molecule has 108 valence electrons. The number of carbonyl (C=O) groups excluding carboxylic acids is 1. The van der Waals surface area contributed by atoms with E-state index in [2.05, 4.69) is 10.4 Å². The maximum Gasteiger partial charge on any atom is 0.326 e. The summed E-state index contributed by atoms with van der Waals surface area (Å²) in [6.07, 6.45) is 1.12. The highest BCUT2D eigenvalue weighted by molar-refractivity contribution is 7.20. The highest BCUT2D eigenvalue weighted by Crippen LogP contribution is 2.27. The van der Waals surface area contributed by atoms with Gasteiger partial charge in [0.05, 0.1) is 10.6 Å². The van der Waals surface area contributed by atoms with Gasteiger partial charge in [-0.3, -0.25) is 9.48 Å². The fraction of sp³-hybridized carbons (Fsp3) is 0.462. The van der Waals surface area contributed by atoms with E-state index in [1.54, 1.807) is 10.7 Å². The molecule has 2 aromatic heterocycles. The minimum Gasteiger partial charge on any atom is -0.480 e. The Labute approximate surface area is 120 Å². The number of fused-ring (bicyclic) bond motifs is 1. The molecule has 0 aliphatic heterocycles. The Morgan fingerprint density at radius 3 is 2.80 bits per heavy atom. The second-order valence-corrected chi connectivity index (χ2v) is 5.72. The number of aryl methyl sites for hydroxylation is 2. The topological polar surface area (TPSA) is 84.2 Å². The summed E-state index contributed by atoms with van der Waals surface area (Å²) >= 11 is 1.32. The van der Waals surface area contributed by atoms with Crippen molar-refractivity contribution in [3.8, 4) is 0 Å². The third-order valence-electron chi connectivity index (χ3n) is 3.10. The first-order valence-corrected chi connectivity index (χ1v) is 7.22. The number of rotatable bonds is 5. The van der Waals surface area contributed by atoms with Crippen molar-refractivity contribution in [2.45, 2.75) is 32.7 Å². The Bertz CT molecular complexity index is 625. The largest absolute Gasteiger partial charge is 0.480 e. The van der Waals surface area contributed by atoms with Crippen LogP contribution < -0.4 is 5.32 Å². The molecule has 0 unspecified atom stereocenters. The van der Waals surface area contributed by atoms with Gasteiger partial charge in [-0.25, -0.2) is 4.79 Å². The quantitative estimate of drug-likeness (QED) is 0.882. The number of nitrogens with zero attached hydrogens (tertiary/aromatic N) is 2. The van der Waals surface area contributed by atoms with Gasteiger partial charge < -0.3 is 10.4 Å². The molecule has 2 rings (SSSR count). The molecule has 20 heavy (non-hydrogen) atoms. The van der Waals surface area contributed by atoms with Gasteiger partial charge in [0.25, 0.3) is 5.91 Å². The summed E-state index contributed by atoms with van der Waals surface area (Å²) in [7, 11) is 1.82. The van der Waals surface area contributed by atoms with Crippen LogP contribution in [0.2, 0.25) is 0 Å². The van der Waals surface area contributed by atoms with E-state index >= 15 is 0 Å². The molecule has 7 heteroatoms. The van der Waals surface area contributed by atoms with E-state index < -0.39 is 12.0 Å². The van der Waals surface area contributed by atoms with Crippen molar-refractivity contribution in [1.29, 1.82) is 0 Å². The van der Waals surface area contributed by atoms with Gasteiger partial charge >= 0.3 is 5.97 Å². The maximum atomic E-state index is 12.1. The number of nitrogens with one attached hydrogen (secondary N) is 1. The van der Waals surface area contributed by atoms with E-state index in [0.29, 0.717) is 17.7 Å². The Kier molecular flexibility index (Phi) is 4.08. The molecule has 0 aliphatic rings. The monoisotopic (exact) mass is 295 g/mol. The maximum absolute atomic E-state index is 12.1. The van der Waals surface area contributed by atoms with E-state index in [4.69, 9.17) is 5.11 Å². The van der Waals surface area contributed by atoms with Crippen LogP contribution in [0, 0.1) is 6.92 Å². The molecule has 0 radical (unpaired) electrons. The second-order valence-electron chi connectivity index (χ2n) is 4.69. The first-order chi connectivity index (χ1) is 9.43. The summed E-state index contributed by atoms with van der Waals surface area (Å²) in [5.74, 6) is -1.34. The van der Waals surface area contributed by atoms with Crippen molar-refractivity contribution in [3.63, 3.8) is 0 Å². The van der Waals surface area contributed by atoms with Crippen LogP contribution in [0.15, 0.2) is 6.07 Å². The van der Waals surface area contributed by atoms with Crippen molar-refractivity contribution >= 4 is 33.4 Å². The lowest BCUT2D eigenvalue weighted by molar-refractivity contribution is -0.139. The molecular formula is C13H17N3O3S. The van der Waals surface area contributed by atoms with E-state index in [1.807, 2.05) is 20.9 Å². The zero-order valence-electron chi connectivity index (χ0n) is 11.6. The number of aliphatic carboxylic acids is 1. The fourth-order valence-corrected chi connectivity index (χ4v) is 3.12. The van der Waals surface area contributed by atoms with E-state index in [9.17, 15) is 9.59 Å². The summed E-state index contributed by atoms with van der Waals surface area (Å²) in [6.45, 7) is 3.77. The van der Waals surface area contributed by atoms with Crippen LogP contribution in [0.25, 0.3) is 10.2 Å². The summed E-state index contributed by atoms with van der Waals surface area (Å²) in [5, 5.41) is 16.8. The van der Waals surface area contributed by atoms with Crippen LogP contribution >= 0.6 is 11.3 Å². The molecule has 0 bridgehead atoms. The van der Waals surface area contributed by atoms with E-state index in [0.717, 1.165) is 15.9 Å². The Morgan fingerprint density at radius 2 is 2.25 bits per heavy atom. The molecule has 0 spiro atoms. The summed E-state index contributed by atoms with van der Waals surface area (Å²) in [6, 6.07) is 0.930. The SMILES string of the molecule is CCC[C@H](NC(=O)c1cc2c(C)nn(C)c2s1)C(=O)O. The van der Waals surface area contributed by atoms with Crippen LogP contribution in [0.5, 0.6) is 0 Å². The number of carbonyl (C=O) groups is 2. The normalized spacial score (nSPS) is 12.6. The predicted molar refractivity (Wildman–Crippen MR) is 77.1 cm³/mol. The molecule has 2 N–H and O–H groups in total. The minimum absolute atomic E-state index is 0.341. The minimum atomic E-state index is -1.00. The predicted octanol–water partition coefficient (Wildman–Crippen LogP) is 1.93. The zero-order valence-corrected chi connectivity index (χ0v) is 12.5. The van der Waals surface area contributed by atoms with Crippen molar-refractivity contribution in [2.75, 3.05) is 0 Å². The molecule has 6 nitrogen and oxygen atoms in total. The van der Waals surface area contributed by atoms with Gasteiger partial charge in [0.2, 0.25) is 0 Å². The molecule has 0 saturated carbocycles. The molecule has 0 aliphatic carbocycles. The van der Waals surface area contributed by atoms with Crippen molar-refractivity contribution < 1.29 is 14.7 Å². The number of aromatic nitrogens is 2. The molecule has 0 fully saturated rings. The zero-order chi connectivity index (χ0) is 14.9. The lowest BCUT2D eigenvalue weighted by atomic mass is 10.1. The Hall–Kier alpha value is -1.89. The number of carboxylic acids is 1. The molecular weight excluding hydrogens is 278 g/mol. The third-order valence-corrected chi connectivity index (χ3v) is 4.30. The van der Waals surface area contributed by atoms with Gasteiger partial charge in [-0.1, -0.05) is 13.3 Å². The molecule has 1 atom stereocenters. The standard InChI is InChI=1S/C13H17N3O3S/c1-4-5-9(13(18)19)14-11(17)10-6-8-7(2)15-16(3)12(8)20-10/h6,9H,4-5H2,1-3H3,(H,14,17)(H,18,19)/t9-/m0/s1. The number of hydrogen-bond acceptors (Lipinski definition) is 4. The second kappa shape index (κ2) is 5.62. The van der Waals surface area contributed by atoms with Crippen LogP contribution in [0.3, 0.4) is 0 Å². The van der Waals surface area contributed by atoms with Gasteiger partial charge in [0.1, 0.15) is 10.9 Å². The van der Waals surface area contributed by atoms with E-state index in [1.165, 1.54) is 11.3 Å². The number of amides is 1. The molecule has 2 aromatic rings. The van der Waals surface area contributed by atoms with Gasteiger partial charge in [-0.15, -0.1) is 11.3 Å². The number of hydrogen-bond donors (Lipinski definition) is 2. The third kappa shape index (κ3) is 2.67. The first-order valence-electron chi connectivity index (χ1n) is 6.40. The molecule has 2 heterocycles. The highest BCUT2D eigenvalue weighted by atomic mass is 32.1. The van der Waals surface area contributed by atoms with Crippen LogP contribution in [0.1, 0.15) is 35.1 Å². The van der Waals surface area contributed by atoms with Gasteiger partial charge in [0.15, 0.2) is 0 Å². The van der Waals surface area contributed by atoms with Crippen molar-refractivity contribution in [1.82, 2.24) is 15.1 Å². The first kappa shape index (κ1) is 14.5. The Balaban J connectivity index is 2.22. The van der Waals surface area contributed by atoms with Gasteiger partial charge in [-0.2, -0.15) is 5.10 Å². The number of carboxylic acid groups (broad SMARTS) is 1. The van der Waals surface area contributed by atoms with Crippen molar-refractivity contribution in [2.24, 2.45) is 7.05 Å². The summed E-state index contributed by atoms with van der Waals surface area (Å²) in [5.41, 5.74) is 0.862. The van der Waals surface area contributed by atoms with Crippen molar-refractivity contribution in [3.05, 3.63) is 16.6 Å². The average molecular weight is 295 g/mol. The highest BCUT2D eigenvalue weighted by Gasteiger charge is 2.21. The molecule has 1 amide bonds. The summed E-state index contributed by atoms with van der Waals surface area (Å²) in [4.78, 5) is 24.6. The smallest absolute Gasteiger partial charge is 0.326 e. The van der Waals surface area contributed by atoms with E-state index in [-0.39, 0.29) is 5.91 Å². The fourth-order valence-electron chi connectivity index (χ4n) is 2.09. The lowest BCUT2D eigenvalue weighted by Crippen LogP contribution is -2.40. The lowest BCUT2D eigenvalue weighted by Gasteiger charge is -2.12. The van der Waals surface area contributed by atoms with Gasteiger partial charge in [0, 0.05) is 12.4 Å². The molecule has 0 saturated heterocycles. The summed E-state index contributed by atoms with van der Waals surface area (Å²) < 4.78 is 1.73. The molecule has 0 aromatic carbocycles. The average Bonchev–Trinajstić information content (AvgIpc) is 2.91. The van der Waals surface area contributed by atoms with Gasteiger partial charge in [-0.05, 0) is 19.4 Å². The van der Waals surface area contributed by atoms with Crippen LogP contribution in [0.4, 0.5) is 0 Å². The number of thiophene rings is 1. The van der Waals surface area contributed by atoms with Crippen LogP contribution in [-0.4, -0.2) is 32.8 Å². The van der Waals surface area contributed by atoms with Crippen LogP contribution in [-0.2, 0) is 11.8 Å².